The molecule has 1 aliphatic rings. The Kier molecular flexibility index (Phi) is 5.50. The molecule has 1 N–H and O–H groups in total. The van der Waals surface area contributed by atoms with Crippen LogP contribution in [0.3, 0.4) is 0 Å². The highest BCUT2D eigenvalue weighted by atomic mass is 16.2. The summed E-state index contributed by atoms with van der Waals surface area (Å²) in [5.74, 6) is 1.44. The van der Waals surface area contributed by atoms with Gasteiger partial charge in [0.05, 0.1) is 5.56 Å². The van der Waals surface area contributed by atoms with E-state index in [4.69, 9.17) is 0 Å². The third kappa shape index (κ3) is 3.91. The van der Waals surface area contributed by atoms with Gasteiger partial charge in [-0.2, -0.15) is 0 Å². The van der Waals surface area contributed by atoms with Crippen molar-refractivity contribution in [1.82, 2.24) is 20.2 Å². The van der Waals surface area contributed by atoms with Crippen LogP contribution in [0.5, 0.6) is 0 Å². The van der Waals surface area contributed by atoms with Gasteiger partial charge < -0.3 is 15.1 Å². The number of aromatic nitrogens is 2. The van der Waals surface area contributed by atoms with Crippen LogP contribution in [0.1, 0.15) is 30.1 Å². The van der Waals surface area contributed by atoms with E-state index in [0.717, 1.165) is 44.3 Å². The molecule has 0 aromatic carbocycles. The number of carbonyl (C=O) groups is 1. The number of hydrogen-bond donors (Lipinski definition) is 1. The molecular formula is C15H25N5O. The van der Waals surface area contributed by atoms with E-state index in [0.29, 0.717) is 12.1 Å². The minimum absolute atomic E-state index is 0.0308. The summed E-state index contributed by atoms with van der Waals surface area (Å²) in [4.78, 5) is 24.6. The van der Waals surface area contributed by atoms with Crippen LogP contribution in [0.4, 0.5) is 5.95 Å². The number of anilines is 1. The molecule has 1 amide bonds. The number of rotatable bonds is 5. The van der Waals surface area contributed by atoms with Gasteiger partial charge in [-0.15, -0.1) is 0 Å². The second-order valence-corrected chi connectivity index (χ2v) is 5.58. The highest BCUT2D eigenvalue weighted by Gasteiger charge is 2.20. The molecule has 0 radical (unpaired) electrons. The summed E-state index contributed by atoms with van der Waals surface area (Å²) in [7, 11) is 3.78. The molecule has 1 fully saturated rings. The fourth-order valence-electron chi connectivity index (χ4n) is 2.58. The average Bonchev–Trinajstić information content (AvgIpc) is 2.54. The quantitative estimate of drug-likeness (QED) is 0.877. The molecule has 1 aromatic rings. The van der Waals surface area contributed by atoms with Crippen molar-refractivity contribution in [2.24, 2.45) is 5.92 Å². The van der Waals surface area contributed by atoms with Crippen LogP contribution in [0, 0.1) is 5.92 Å². The molecule has 0 atom stereocenters. The molecule has 1 saturated heterocycles. The third-order valence-corrected chi connectivity index (χ3v) is 4.10. The first-order valence-electron chi connectivity index (χ1n) is 7.62. The van der Waals surface area contributed by atoms with Gasteiger partial charge in [0.15, 0.2) is 0 Å². The Morgan fingerprint density at radius 1 is 1.38 bits per heavy atom. The minimum Gasteiger partial charge on any atom is -0.342 e. The number of nitrogens with one attached hydrogen (secondary N) is 1. The lowest BCUT2D eigenvalue weighted by Crippen LogP contribution is -2.37. The van der Waals surface area contributed by atoms with Crippen molar-refractivity contribution in [3.63, 3.8) is 0 Å². The number of hydrogen-bond acceptors (Lipinski definition) is 5. The lowest BCUT2D eigenvalue weighted by molar-refractivity contribution is 0.0801. The van der Waals surface area contributed by atoms with Crippen LogP contribution in [0.2, 0.25) is 0 Å². The molecule has 2 heterocycles. The summed E-state index contributed by atoms with van der Waals surface area (Å²) in [6.45, 7) is 5.66. The highest BCUT2D eigenvalue weighted by molar-refractivity contribution is 5.93. The van der Waals surface area contributed by atoms with Gasteiger partial charge in [-0.3, -0.25) is 4.79 Å². The lowest BCUT2D eigenvalue weighted by atomic mass is 9.97. The van der Waals surface area contributed by atoms with E-state index in [1.54, 1.807) is 24.3 Å². The van der Waals surface area contributed by atoms with Gasteiger partial charge >= 0.3 is 0 Å². The topological polar surface area (TPSA) is 61.4 Å². The summed E-state index contributed by atoms with van der Waals surface area (Å²) in [6, 6.07) is 0. The second-order valence-electron chi connectivity index (χ2n) is 5.58. The summed E-state index contributed by atoms with van der Waals surface area (Å²) >= 11 is 0. The third-order valence-electron chi connectivity index (χ3n) is 4.10. The van der Waals surface area contributed by atoms with Crippen molar-refractivity contribution in [3.8, 4) is 0 Å². The summed E-state index contributed by atoms with van der Waals surface area (Å²) in [5.41, 5.74) is 0.549. The van der Waals surface area contributed by atoms with E-state index >= 15 is 0 Å². The van der Waals surface area contributed by atoms with Crippen molar-refractivity contribution in [3.05, 3.63) is 18.0 Å². The van der Waals surface area contributed by atoms with Crippen molar-refractivity contribution in [2.75, 3.05) is 45.2 Å². The average molecular weight is 291 g/mol. The molecule has 0 bridgehead atoms. The first kappa shape index (κ1) is 15.7. The highest BCUT2D eigenvalue weighted by Crippen LogP contribution is 2.20. The van der Waals surface area contributed by atoms with Gasteiger partial charge in [0.25, 0.3) is 5.91 Å². The molecule has 0 unspecified atom stereocenters. The van der Waals surface area contributed by atoms with E-state index in [1.165, 1.54) is 0 Å². The van der Waals surface area contributed by atoms with Gasteiger partial charge in [-0.1, -0.05) is 0 Å². The molecule has 0 saturated carbocycles. The SMILES string of the molecule is CCN(C)C(=O)c1cnc(N2CCC(CNC)CC2)nc1. The molecule has 6 heteroatoms. The number of amides is 1. The molecule has 0 aliphatic carbocycles. The predicted octanol–water partition coefficient (Wildman–Crippen LogP) is 1.00. The summed E-state index contributed by atoms with van der Waals surface area (Å²) < 4.78 is 0. The van der Waals surface area contributed by atoms with Gasteiger partial charge in [0.1, 0.15) is 0 Å². The van der Waals surface area contributed by atoms with E-state index in [9.17, 15) is 4.79 Å². The molecule has 0 spiro atoms. The van der Waals surface area contributed by atoms with E-state index < -0.39 is 0 Å². The fraction of sp³-hybridized carbons (Fsp3) is 0.667. The van der Waals surface area contributed by atoms with Crippen LogP contribution in [0.15, 0.2) is 12.4 Å². The van der Waals surface area contributed by atoms with Crippen LogP contribution < -0.4 is 10.2 Å². The van der Waals surface area contributed by atoms with Crippen molar-refractivity contribution >= 4 is 11.9 Å². The zero-order valence-corrected chi connectivity index (χ0v) is 13.2. The van der Waals surface area contributed by atoms with Gasteiger partial charge in [0, 0.05) is 39.1 Å². The zero-order valence-electron chi connectivity index (χ0n) is 13.2. The van der Waals surface area contributed by atoms with Gasteiger partial charge in [-0.25, -0.2) is 9.97 Å². The second kappa shape index (κ2) is 7.36. The van der Waals surface area contributed by atoms with Crippen LogP contribution >= 0.6 is 0 Å². The Bertz CT molecular complexity index is 454. The first-order chi connectivity index (χ1) is 10.2. The molecular weight excluding hydrogens is 266 g/mol. The Morgan fingerprint density at radius 2 is 2.00 bits per heavy atom. The lowest BCUT2D eigenvalue weighted by Gasteiger charge is -2.31. The first-order valence-corrected chi connectivity index (χ1v) is 7.62. The molecule has 1 aromatic heterocycles. The smallest absolute Gasteiger partial charge is 0.256 e. The number of piperidine rings is 1. The Labute approximate surface area is 126 Å². The normalized spacial score (nSPS) is 16.0. The molecule has 1 aliphatic heterocycles. The largest absolute Gasteiger partial charge is 0.342 e. The van der Waals surface area contributed by atoms with Crippen molar-refractivity contribution in [1.29, 1.82) is 0 Å². The molecule has 116 valence electrons. The van der Waals surface area contributed by atoms with Gasteiger partial charge in [-0.05, 0) is 39.3 Å². The minimum atomic E-state index is -0.0308. The number of carbonyl (C=O) groups excluding carboxylic acids is 1. The number of nitrogens with zero attached hydrogens (tertiary/aromatic N) is 4. The van der Waals surface area contributed by atoms with Crippen molar-refractivity contribution in [2.45, 2.75) is 19.8 Å². The Morgan fingerprint density at radius 3 is 2.52 bits per heavy atom. The van der Waals surface area contributed by atoms with Crippen LogP contribution in [-0.2, 0) is 0 Å². The fourth-order valence-corrected chi connectivity index (χ4v) is 2.58. The maximum atomic E-state index is 12.0. The van der Waals surface area contributed by atoms with Crippen LogP contribution in [0.25, 0.3) is 0 Å². The van der Waals surface area contributed by atoms with Crippen molar-refractivity contribution < 1.29 is 4.79 Å². The van der Waals surface area contributed by atoms with E-state index in [-0.39, 0.29) is 5.91 Å². The van der Waals surface area contributed by atoms with E-state index in [1.807, 2.05) is 14.0 Å². The Hall–Kier alpha value is -1.69. The predicted molar refractivity (Wildman–Crippen MR) is 83.5 cm³/mol. The Balaban J connectivity index is 1.95. The monoisotopic (exact) mass is 291 g/mol. The maximum Gasteiger partial charge on any atom is 0.256 e. The maximum absolute atomic E-state index is 12.0. The standard InChI is InChI=1S/C15H25N5O/c1-4-19(3)14(21)13-10-17-15(18-11-13)20-7-5-12(6-8-20)9-16-2/h10-12,16H,4-9H2,1-3H3. The zero-order chi connectivity index (χ0) is 15.2. The van der Waals surface area contributed by atoms with Crippen LogP contribution in [-0.4, -0.2) is 61.0 Å². The summed E-state index contributed by atoms with van der Waals surface area (Å²) in [6.07, 6.45) is 5.58. The molecule has 2 rings (SSSR count). The molecule has 6 nitrogen and oxygen atoms in total. The van der Waals surface area contributed by atoms with Gasteiger partial charge in [0.2, 0.25) is 5.95 Å². The van der Waals surface area contributed by atoms with E-state index in [2.05, 4.69) is 20.2 Å². The molecule has 21 heavy (non-hydrogen) atoms. The summed E-state index contributed by atoms with van der Waals surface area (Å²) in [5, 5.41) is 3.24.